The van der Waals surface area contributed by atoms with Gasteiger partial charge in [0.2, 0.25) is 15.9 Å². The quantitative estimate of drug-likeness (QED) is 0.518. The van der Waals surface area contributed by atoms with Gasteiger partial charge >= 0.3 is 0 Å². The molecular formula is C26H31N3O5S. The lowest BCUT2D eigenvalue weighted by Crippen LogP contribution is -2.35. The largest absolute Gasteiger partial charge is 0.497 e. The number of hydrogen-bond donors (Lipinski definition) is 2. The second kappa shape index (κ2) is 10.6. The zero-order chi connectivity index (χ0) is 25.0. The Balaban J connectivity index is 1.29. The second-order valence-corrected chi connectivity index (χ2v) is 11.0. The van der Waals surface area contributed by atoms with Crippen molar-refractivity contribution in [3.63, 3.8) is 0 Å². The molecule has 8 nitrogen and oxygen atoms in total. The van der Waals surface area contributed by atoms with Gasteiger partial charge in [0.25, 0.3) is 5.91 Å². The summed E-state index contributed by atoms with van der Waals surface area (Å²) in [6, 6.07) is 13.8. The van der Waals surface area contributed by atoms with Crippen molar-refractivity contribution in [1.29, 1.82) is 0 Å². The topological polar surface area (TPSA) is 105 Å². The molecule has 1 aliphatic carbocycles. The molecule has 35 heavy (non-hydrogen) atoms. The van der Waals surface area contributed by atoms with E-state index in [1.165, 1.54) is 22.5 Å². The molecule has 9 heteroatoms. The van der Waals surface area contributed by atoms with Gasteiger partial charge in [-0.25, -0.2) is 8.42 Å². The third kappa shape index (κ3) is 5.74. The molecule has 0 bridgehead atoms. The number of rotatable bonds is 9. The van der Waals surface area contributed by atoms with Gasteiger partial charge < -0.3 is 15.4 Å². The van der Waals surface area contributed by atoms with E-state index in [0.29, 0.717) is 31.6 Å². The zero-order valence-electron chi connectivity index (χ0n) is 19.8. The Labute approximate surface area is 206 Å². The lowest BCUT2D eigenvalue weighted by molar-refractivity contribution is -0.117. The van der Waals surface area contributed by atoms with Crippen LogP contribution in [0.1, 0.15) is 28.8 Å². The van der Waals surface area contributed by atoms with E-state index in [9.17, 15) is 18.0 Å². The average molecular weight is 498 g/mol. The number of sulfonamides is 1. The molecule has 2 N–H and O–H groups in total. The van der Waals surface area contributed by atoms with Crippen LogP contribution in [0.4, 0.5) is 0 Å². The monoisotopic (exact) mass is 497 g/mol. The van der Waals surface area contributed by atoms with Crippen LogP contribution in [-0.4, -0.2) is 57.3 Å². The molecule has 2 aromatic carbocycles. The van der Waals surface area contributed by atoms with Gasteiger partial charge in [-0.15, -0.1) is 0 Å². The lowest BCUT2D eigenvalue weighted by Gasteiger charge is -2.19. The fourth-order valence-corrected chi connectivity index (χ4v) is 6.53. The molecule has 2 aliphatic rings. The molecule has 186 valence electrons. The molecule has 2 fully saturated rings. The van der Waals surface area contributed by atoms with Gasteiger partial charge in [0.15, 0.2) is 0 Å². The van der Waals surface area contributed by atoms with Gasteiger partial charge in [0.05, 0.1) is 12.0 Å². The highest BCUT2D eigenvalue weighted by atomic mass is 32.2. The van der Waals surface area contributed by atoms with Crippen LogP contribution in [-0.2, 0) is 21.2 Å². The number of methoxy groups -OCH3 is 1. The fourth-order valence-electron chi connectivity index (χ4n) is 4.97. The van der Waals surface area contributed by atoms with Crippen LogP contribution in [0.25, 0.3) is 0 Å². The smallest absolute Gasteiger partial charge is 0.251 e. The summed E-state index contributed by atoms with van der Waals surface area (Å²) in [7, 11) is -2.02. The maximum Gasteiger partial charge on any atom is 0.251 e. The summed E-state index contributed by atoms with van der Waals surface area (Å²) in [6.45, 7) is 4.83. The van der Waals surface area contributed by atoms with E-state index < -0.39 is 10.0 Å². The van der Waals surface area contributed by atoms with E-state index in [4.69, 9.17) is 4.74 Å². The summed E-state index contributed by atoms with van der Waals surface area (Å²) in [5.41, 5.74) is 1.50. The SMILES string of the molecule is C=CC(=O)NC1CC2CN(S(=O)(=O)c3ccc(C(=O)NCCc4ccc(OC)cc4)cc3)CC2C1. The number of amides is 2. The first-order valence-corrected chi connectivity index (χ1v) is 13.2. The van der Waals surface area contributed by atoms with Crippen molar-refractivity contribution in [2.45, 2.75) is 30.2 Å². The van der Waals surface area contributed by atoms with Gasteiger partial charge in [-0.3, -0.25) is 9.59 Å². The highest BCUT2D eigenvalue weighted by molar-refractivity contribution is 7.89. The summed E-state index contributed by atoms with van der Waals surface area (Å²) < 4.78 is 33.0. The van der Waals surface area contributed by atoms with Gasteiger partial charge in [-0.05, 0) is 79.1 Å². The van der Waals surface area contributed by atoms with Crippen molar-refractivity contribution in [3.05, 3.63) is 72.3 Å². The number of fused-ring (bicyclic) bond motifs is 1. The van der Waals surface area contributed by atoms with E-state index in [2.05, 4.69) is 17.2 Å². The standard InChI is InChI=1S/C26H31N3O5S/c1-3-25(30)28-22-14-20-16-29(17-21(20)15-22)35(32,33)24-10-6-19(7-11-24)26(31)27-13-12-18-4-8-23(34-2)9-5-18/h3-11,20-22H,1,12-17H2,2H3,(H,27,31)(H,28,30). The minimum atomic E-state index is -3.64. The minimum absolute atomic E-state index is 0.0721. The van der Waals surface area contributed by atoms with Crippen molar-refractivity contribution in [3.8, 4) is 5.75 Å². The highest BCUT2D eigenvalue weighted by Crippen LogP contribution is 2.40. The van der Waals surface area contributed by atoms with E-state index in [1.807, 2.05) is 24.3 Å². The number of carbonyl (C=O) groups is 2. The van der Waals surface area contributed by atoms with Crippen molar-refractivity contribution in [2.75, 3.05) is 26.7 Å². The predicted molar refractivity (Wildman–Crippen MR) is 133 cm³/mol. The Kier molecular flexibility index (Phi) is 7.57. The summed E-state index contributed by atoms with van der Waals surface area (Å²) in [4.78, 5) is 24.2. The van der Waals surface area contributed by atoms with Crippen LogP contribution in [0.2, 0.25) is 0 Å². The first-order chi connectivity index (χ1) is 16.8. The second-order valence-electron chi connectivity index (χ2n) is 9.10. The number of benzene rings is 2. The lowest BCUT2D eigenvalue weighted by atomic mass is 10.0. The summed E-state index contributed by atoms with van der Waals surface area (Å²) >= 11 is 0. The van der Waals surface area contributed by atoms with Crippen LogP contribution in [0, 0.1) is 11.8 Å². The number of carbonyl (C=O) groups excluding carboxylic acids is 2. The Morgan fingerprint density at radius 1 is 1.06 bits per heavy atom. The molecule has 1 aliphatic heterocycles. The minimum Gasteiger partial charge on any atom is -0.497 e. The van der Waals surface area contributed by atoms with E-state index in [-0.39, 0.29) is 34.6 Å². The molecule has 2 aromatic rings. The fraction of sp³-hybridized carbons (Fsp3) is 0.385. The third-order valence-corrected chi connectivity index (χ3v) is 8.71. The first-order valence-electron chi connectivity index (χ1n) is 11.7. The summed E-state index contributed by atoms with van der Waals surface area (Å²) in [5.74, 6) is 0.813. The molecule has 0 aromatic heterocycles. The Bertz CT molecular complexity index is 1160. The zero-order valence-corrected chi connectivity index (χ0v) is 20.6. The number of hydrogen-bond acceptors (Lipinski definition) is 5. The normalized spacial score (nSPS) is 21.8. The van der Waals surface area contributed by atoms with Crippen molar-refractivity contribution < 1.29 is 22.7 Å². The van der Waals surface area contributed by atoms with E-state index in [0.717, 1.165) is 24.2 Å². The Morgan fingerprint density at radius 3 is 2.26 bits per heavy atom. The Hall–Kier alpha value is -3.17. The first kappa shape index (κ1) is 24.9. The van der Waals surface area contributed by atoms with Gasteiger partial charge in [0.1, 0.15) is 5.75 Å². The van der Waals surface area contributed by atoms with E-state index in [1.54, 1.807) is 19.2 Å². The van der Waals surface area contributed by atoms with Gasteiger partial charge in [-0.1, -0.05) is 18.7 Å². The number of nitrogens with one attached hydrogen (secondary N) is 2. The summed E-state index contributed by atoms with van der Waals surface area (Å²) in [6.07, 6.45) is 3.48. The molecule has 1 saturated carbocycles. The average Bonchev–Trinajstić information content (AvgIpc) is 3.43. The van der Waals surface area contributed by atoms with Crippen LogP contribution >= 0.6 is 0 Å². The highest BCUT2D eigenvalue weighted by Gasteiger charge is 2.45. The maximum absolute atomic E-state index is 13.2. The van der Waals surface area contributed by atoms with Crippen molar-refractivity contribution in [1.82, 2.24) is 14.9 Å². The van der Waals surface area contributed by atoms with Crippen LogP contribution in [0.3, 0.4) is 0 Å². The predicted octanol–water partition coefficient (Wildman–Crippen LogP) is 2.37. The van der Waals surface area contributed by atoms with Crippen molar-refractivity contribution in [2.24, 2.45) is 11.8 Å². The molecule has 2 amide bonds. The van der Waals surface area contributed by atoms with Gasteiger partial charge in [0, 0.05) is 31.2 Å². The third-order valence-electron chi connectivity index (χ3n) is 6.86. The molecule has 1 heterocycles. The molecule has 0 radical (unpaired) electrons. The molecular weight excluding hydrogens is 466 g/mol. The Morgan fingerprint density at radius 2 is 1.69 bits per heavy atom. The van der Waals surface area contributed by atoms with Gasteiger partial charge in [-0.2, -0.15) is 4.31 Å². The molecule has 2 atom stereocenters. The maximum atomic E-state index is 13.2. The van der Waals surface area contributed by atoms with E-state index >= 15 is 0 Å². The molecule has 1 saturated heterocycles. The van der Waals surface area contributed by atoms with Crippen LogP contribution in [0.15, 0.2) is 66.1 Å². The molecule has 0 spiro atoms. The molecule has 4 rings (SSSR count). The number of nitrogens with zero attached hydrogens (tertiary/aromatic N) is 1. The number of ether oxygens (including phenoxy) is 1. The van der Waals surface area contributed by atoms with Crippen LogP contribution < -0.4 is 15.4 Å². The summed E-state index contributed by atoms with van der Waals surface area (Å²) in [5, 5.41) is 5.79. The van der Waals surface area contributed by atoms with Crippen LogP contribution in [0.5, 0.6) is 5.75 Å². The van der Waals surface area contributed by atoms with Crippen molar-refractivity contribution >= 4 is 21.8 Å². The molecule has 2 unspecified atom stereocenters.